The molecule has 4 unspecified atom stereocenters. The number of benzene rings is 1. The molecular weight excluding hydrogens is 457 g/mol. The van der Waals surface area contributed by atoms with Crippen LogP contribution in [0.4, 0.5) is 0 Å². The molecule has 35 heavy (non-hydrogen) atoms. The summed E-state index contributed by atoms with van der Waals surface area (Å²) >= 11 is 0. The maximum atomic E-state index is 14.0. The van der Waals surface area contributed by atoms with Gasteiger partial charge in [-0.3, -0.25) is 9.69 Å². The van der Waals surface area contributed by atoms with E-state index in [1.54, 1.807) is 0 Å². The van der Waals surface area contributed by atoms with E-state index in [1.165, 1.54) is 44.9 Å². The molecule has 1 saturated carbocycles. The maximum Gasteiger partial charge on any atom is 0.282 e. The summed E-state index contributed by atoms with van der Waals surface area (Å²) < 4.78 is 13.8. The normalized spacial score (nSPS) is 31.1. The first-order chi connectivity index (χ1) is 17.1. The van der Waals surface area contributed by atoms with Crippen LogP contribution in [0.1, 0.15) is 91.5 Å². The predicted molar refractivity (Wildman–Crippen MR) is 143 cm³/mol. The van der Waals surface area contributed by atoms with Crippen molar-refractivity contribution in [2.24, 2.45) is 5.92 Å². The topological polar surface area (TPSA) is 56.6 Å². The number of aromatic nitrogens is 2. The van der Waals surface area contributed by atoms with E-state index in [0.717, 1.165) is 29.8 Å². The molecule has 1 aromatic heterocycles. The van der Waals surface area contributed by atoms with Crippen molar-refractivity contribution in [1.29, 1.82) is 0 Å². The first-order valence-electron chi connectivity index (χ1n) is 13.9. The summed E-state index contributed by atoms with van der Waals surface area (Å²) in [7, 11) is -1.48. The van der Waals surface area contributed by atoms with Crippen molar-refractivity contribution in [2.75, 3.05) is 13.2 Å². The molecule has 2 aliphatic heterocycles. The minimum Gasteiger partial charge on any atom is -0.330 e. The van der Waals surface area contributed by atoms with E-state index in [1.807, 2.05) is 32.0 Å². The van der Waals surface area contributed by atoms with Crippen molar-refractivity contribution in [3.63, 3.8) is 0 Å². The van der Waals surface area contributed by atoms with Crippen LogP contribution in [0.15, 0.2) is 29.1 Å². The number of para-hydroxylation sites is 2. The standard InChI is InChI=1S/C28H42N3O3P/c1-5-20-12-11-17-28(20,6-2)31-21-15-16-22(31)19-23(18-21)30-25-14-10-9-13-24(25)29-26(27(30)32)35(33-7-3)34-8-4/h9-10,13-14,20-23H,5-8,11-12,15-19H2,1-4H3. The van der Waals surface area contributed by atoms with Crippen LogP contribution in [0.25, 0.3) is 11.0 Å². The van der Waals surface area contributed by atoms with Crippen LogP contribution in [0.2, 0.25) is 0 Å². The Bertz CT molecular complexity index is 1070. The van der Waals surface area contributed by atoms with Gasteiger partial charge in [-0.2, -0.15) is 0 Å². The second-order valence-electron chi connectivity index (χ2n) is 10.6. The SMILES string of the molecule is CCOP(OCC)c1nc2ccccc2n(C2CC3CCC(C2)N3C2(CC)CCCC2CC)c1=O. The second kappa shape index (κ2) is 10.6. The average molecular weight is 500 g/mol. The fraction of sp³-hybridized carbons (Fsp3) is 0.714. The summed E-state index contributed by atoms with van der Waals surface area (Å²) in [6, 6.07) is 9.41. The fourth-order valence-corrected chi connectivity index (χ4v) is 9.04. The molecule has 1 aromatic carbocycles. The van der Waals surface area contributed by atoms with E-state index in [2.05, 4.69) is 29.4 Å². The zero-order valence-corrected chi connectivity index (χ0v) is 22.8. The molecule has 0 spiro atoms. The molecule has 7 heteroatoms. The van der Waals surface area contributed by atoms with Gasteiger partial charge in [0.15, 0.2) is 5.44 Å². The van der Waals surface area contributed by atoms with Crippen LogP contribution in [0.3, 0.4) is 0 Å². The molecule has 3 heterocycles. The Morgan fingerprint density at radius 3 is 2.31 bits per heavy atom. The number of nitrogens with zero attached hydrogens (tertiary/aromatic N) is 3. The highest BCUT2D eigenvalue weighted by Gasteiger charge is 2.54. The molecule has 6 nitrogen and oxygen atoms in total. The molecular formula is C28H42N3O3P. The van der Waals surface area contributed by atoms with Gasteiger partial charge in [0.2, 0.25) is 8.38 Å². The zero-order chi connectivity index (χ0) is 24.6. The maximum absolute atomic E-state index is 14.0. The van der Waals surface area contributed by atoms with E-state index in [0.29, 0.717) is 36.3 Å². The Morgan fingerprint density at radius 2 is 1.69 bits per heavy atom. The van der Waals surface area contributed by atoms with Gasteiger partial charge in [0, 0.05) is 23.7 Å². The molecule has 0 radical (unpaired) electrons. The summed E-state index contributed by atoms with van der Waals surface area (Å²) in [4.78, 5) is 21.8. The third-order valence-corrected chi connectivity index (χ3v) is 10.7. The van der Waals surface area contributed by atoms with Crippen LogP contribution in [0.5, 0.6) is 0 Å². The highest BCUT2D eigenvalue weighted by molar-refractivity contribution is 7.55. The lowest BCUT2D eigenvalue weighted by atomic mass is 9.78. The smallest absolute Gasteiger partial charge is 0.282 e. The number of piperidine rings is 1. The number of hydrogen-bond donors (Lipinski definition) is 0. The predicted octanol–water partition coefficient (Wildman–Crippen LogP) is 5.93. The van der Waals surface area contributed by atoms with Crippen LogP contribution in [0, 0.1) is 5.92 Å². The minimum absolute atomic E-state index is 0.0212. The molecule has 2 bridgehead atoms. The van der Waals surface area contributed by atoms with Crippen molar-refractivity contribution in [3.05, 3.63) is 34.6 Å². The molecule has 2 saturated heterocycles. The van der Waals surface area contributed by atoms with Crippen molar-refractivity contribution in [1.82, 2.24) is 14.5 Å². The average Bonchev–Trinajstić information content (AvgIpc) is 3.41. The van der Waals surface area contributed by atoms with Gasteiger partial charge in [-0.1, -0.05) is 38.8 Å². The Balaban J connectivity index is 1.54. The quantitative estimate of drug-likeness (QED) is 0.400. The third kappa shape index (κ3) is 4.29. The Labute approximate surface area is 211 Å². The minimum atomic E-state index is -1.48. The van der Waals surface area contributed by atoms with E-state index in [-0.39, 0.29) is 11.6 Å². The lowest BCUT2D eigenvalue weighted by Crippen LogP contribution is -2.59. The second-order valence-corrected chi connectivity index (χ2v) is 12.0. The Hall–Kier alpha value is -1.33. The van der Waals surface area contributed by atoms with Gasteiger partial charge in [-0.05, 0) is 76.8 Å². The fourth-order valence-electron chi connectivity index (χ4n) is 7.80. The zero-order valence-electron chi connectivity index (χ0n) is 21.9. The third-order valence-electron chi connectivity index (χ3n) is 9.06. The van der Waals surface area contributed by atoms with E-state index in [4.69, 9.17) is 14.0 Å². The Morgan fingerprint density at radius 1 is 1.00 bits per heavy atom. The summed E-state index contributed by atoms with van der Waals surface area (Å²) in [5.74, 6) is 0.809. The Kier molecular flexibility index (Phi) is 7.65. The van der Waals surface area contributed by atoms with E-state index >= 15 is 0 Å². The van der Waals surface area contributed by atoms with E-state index < -0.39 is 8.38 Å². The van der Waals surface area contributed by atoms with Gasteiger partial charge >= 0.3 is 0 Å². The summed E-state index contributed by atoms with van der Waals surface area (Å²) in [5, 5.41) is 0. The van der Waals surface area contributed by atoms with Crippen molar-refractivity contribution >= 4 is 24.8 Å². The molecule has 3 aliphatic rings. The molecule has 2 aromatic rings. The first kappa shape index (κ1) is 25.3. The number of rotatable bonds is 9. The first-order valence-corrected chi connectivity index (χ1v) is 15.1. The van der Waals surface area contributed by atoms with Gasteiger partial charge in [-0.25, -0.2) is 4.98 Å². The van der Waals surface area contributed by atoms with Crippen molar-refractivity contribution in [2.45, 2.75) is 109 Å². The van der Waals surface area contributed by atoms with Gasteiger partial charge in [-0.15, -0.1) is 0 Å². The van der Waals surface area contributed by atoms with Crippen LogP contribution in [-0.2, 0) is 9.05 Å². The van der Waals surface area contributed by atoms with Crippen molar-refractivity contribution in [3.8, 4) is 0 Å². The highest BCUT2D eigenvalue weighted by Crippen LogP contribution is 2.53. The largest absolute Gasteiger partial charge is 0.330 e. The molecule has 1 aliphatic carbocycles. The molecule has 4 atom stereocenters. The summed E-state index contributed by atoms with van der Waals surface area (Å²) in [5.41, 5.74) is 2.59. The molecule has 3 fully saturated rings. The molecule has 0 amide bonds. The summed E-state index contributed by atoms with van der Waals surface area (Å²) in [6.07, 6.45) is 11.2. The number of hydrogen-bond acceptors (Lipinski definition) is 5. The van der Waals surface area contributed by atoms with Gasteiger partial charge in [0.25, 0.3) is 5.56 Å². The van der Waals surface area contributed by atoms with Crippen LogP contribution in [-0.4, -0.2) is 45.3 Å². The number of fused-ring (bicyclic) bond motifs is 3. The molecule has 0 N–H and O–H groups in total. The van der Waals surface area contributed by atoms with Gasteiger partial charge < -0.3 is 13.6 Å². The van der Waals surface area contributed by atoms with E-state index in [9.17, 15) is 4.79 Å². The van der Waals surface area contributed by atoms with Crippen LogP contribution >= 0.6 is 8.38 Å². The highest BCUT2D eigenvalue weighted by atomic mass is 31.2. The van der Waals surface area contributed by atoms with Crippen molar-refractivity contribution < 1.29 is 9.05 Å². The lowest BCUT2D eigenvalue weighted by Gasteiger charge is -2.53. The lowest BCUT2D eigenvalue weighted by molar-refractivity contribution is -0.0322. The summed E-state index contributed by atoms with van der Waals surface area (Å²) in [6.45, 7) is 9.68. The van der Waals surface area contributed by atoms with Gasteiger partial charge in [0.05, 0.1) is 24.2 Å². The molecule has 192 valence electrons. The molecule has 5 rings (SSSR count). The monoisotopic (exact) mass is 499 g/mol. The van der Waals surface area contributed by atoms with Crippen LogP contribution < -0.4 is 11.0 Å². The van der Waals surface area contributed by atoms with Gasteiger partial charge in [0.1, 0.15) is 0 Å².